The molecule has 0 aliphatic rings. The van der Waals surface area contributed by atoms with E-state index in [1.807, 2.05) is 30.3 Å². The first-order valence-corrected chi connectivity index (χ1v) is 5.80. The van der Waals surface area contributed by atoms with Gasteiger partial charge in [0.2, 0.25) is 0 Å². The first-order chi connectivity index (χ1) is 8.53. The molecule has 1 atom stereocenters. The Bertz CT molecular complexity index is 366. The van der Waals surface area contributed by atoms with E-state index >= 15 is 0 Å². The maximum Gasteiger partial charge on any atom is 0.315 e. The highest BCUT2D eigenvalue weighted by molar-refractivity contribution is 5.73. The van der Waals surface area contributed by atoms with Gasteiger partial charge in [-0.25, -0.2) is 4.79 Å². The first-order valence-electron chi connectivity index (χ1n) is 5.80. The van der Waals surface area contributed by atoms with Crippen molar-refractivity contribution in [1.82, 2.24) is 10.6 Å². The molecular formula is C13H20N2O3. The second kappa shape index (κ2) is 6.98. The van der Waals surface area contributed by atoms with Gasteiger partial charge >= 0.3 is 6.03 Å². The van der Waals surface area contributed by atoms with Gasteiger partial charge in [0.25, 0.3) is 0 Å². The zero-order valence-corrected chi connectivity index (χ0v) is 10.8. The fourth-order valence-corrected chi connectivity index (χ4v) is 1.47. The zero-order chi connectivity index (χ0) is 13.4. The lowest BCUT2D eigenvalue weighted by molar-refractivity contribution is -0.0136. The predicted molar refractivity (Wildman–Crippen MR) is 69.2 cm³/mol. The van der Waals surface area contributed by atoms with Gasteiger partial charge in [-0.2, -0.15) is 0 Å². The van der Waals surface area contributed by atoms with Gasteiger partial charge in [-0.05, 0) is 12.5 Å². The largest absolute Gasteiger partial charge is 0.386 e. The Balaban J connectivity index is 2.26. The van der Waals surface area contributed by atoms with Crippen molar-refractivity contribution >= 4 is 6.03 Å². The standard InChI is InChI=1S/C13H20N2O3/c1-13(17,10-18-2)9-15-12(16)14-8-11-6-4-3-5-7-11/h3-7,17H,8-10H2,1-2H3,(H2,14,15,16)/t13-/m0/s1. The van der Waals surface area contributed by atoms with Gasteiger partial charge in [-0.15, -0.1) is 0 Å². The molecule has 0 spiro atoms. The summed E-state index contributed by atoms with van der Waals surface area (Å²) in [5.41, 5.74) is -0.0324. The summed E-state index contributed by atoms with van der Waals surface area (Å²) in [6.45, 7) is 2.38. The number of carbonyl (C=O) groups is 1. The molecule has 0 aliphatic heterocycles. The van der Waals surface area contributed by atoms with Gasteiger partial charge in [-0.3, -0.25) is 0 Å². The Labute approximate surface area is 107 Å². The van der Waals surface area contributed by atoms with Crippen LogP contribution in [0.4, 0.5) is 4.79 Å². The van der Waals surface area contributed by atoms with E-state index in [1.165, 1.54) is 7.11 Å². The molecule has 100 valence electrons. The second-order valence-electron chi connectivity index (χ2n) is 4.45. The summed E-state index contributed by atoms with van der Waals surface area (Å²) < 4.78 is 4.85. The van der Waals surface area contributed by atoms with Crippen LogP contribution in [0.15, 0.2) is 30.3 Å². The topological polar surface area (TPSA) is 70.6 Å². The van der Waals surface area contributed by atoms with Gasteiger partial charge in [0.05, 0.1) is 13.2 Å². The summed E-state index contributed by atoms with van der Waals surface area (Å²) in [4.78, 5) is 11.5. The van der Waals surface area contributed by atoms with Crippen molar-refractivity contribution < 1.29 is 14.6 Å². The predicted octanol–water partition coefficient (Wildman–Crippen LogP) is 0.883. The quantitative estimate of drug-likeness (QED) is 0.704. The fraction of sp³-hybridized carbons (Fsp3) is 0.462. The molecule has 5 heteroatoms. The van der Waals surface area contributed by atoms with Crippen molar-refractivity contribution in [2.45, 2.75) is 19.1 Å². The number of urea groups is 1. The third-order valence-electron chi connectivity index (χ3n) is 2.38. The molecule has 5 nitrogen and oxygen atoms in total. The molecule has 1 aromatic carbocycles. The highest BCUT2D eigenvalue weighted by atomic mass is 16.5. The average molecular weight is 252 g/mol. The third kappa shape index (κ3) is 5.65. The van der Waals surface area contributed by atoms with Crippen LogP contribution in [0.1, 0.15) is 12.5 Å². The maximum atomic E-state index is 11.5. The molecule has 18 heavy (non-hydrogen) atoms. The lowest BCUT2D eigenvalue weighted by atomic mass is 10.1. The molecule has 1 rings (SSSR count). The van der Waals surface area contributed by atoms with Crippen LogP contribution in [0, 0.1) is 0 Å². The van der Waals surface area contributed by atoms with Gasteiger partial charge < -0.3 is 20.5 Å². The Kier molecular flexibility index (Phi) is 5.61. The van der Waals surface area contributed by atoms with Crippen LogP contribution >= 0.6 is 0 Å². The third-order valence-corrected chi connectivity index (χ3v) is 2.38. The average Bonchev–Trinajstić information content (AvgIpc) is 2.35. The number of nitrogens with one attached hydrogen (secondary N) is 2. The molecule has 0 saturated heterocycles. The van der Waals surface area contributed by atoms with E-state index in [4.69, 9.17) is 4.74 Å². The number of benzene rings is 1. The molecular weight excluding hydrogens is 232 g/mol. The molecule has 0 aromatic heterocycles. The molecule has 2 amide bonds. The normalized spacial score (nSPS) is 13.7. The smallest absolute Gasteiger partial charge is 0.315 e. The van der Waals surface area contributed by atoms with Crippen molar-refractivity contribution in [1.29, 1.82) is 0 Å². The molecule has 0 aliphatic carbocycles. The minimum absolute atomic E-state index is 0.140. The van der Waals surface area contributed by atoms with Crippen LogP contribution in [0.25, 0.3) is 0 Å². The Hall–Kier alpha value is -1.59. The van der Waals surface area contributed by atoms with Crippen LogP contribution in [0.2, 0.25) is 0 Å². The maximum absolute atomic E-state index is 11.5. The van der Waals surface area contributed by atoms with E-state index in [0.717, 1.165) is 5.56 Å². The second-order valence-corrected chi connectivity index (χ2v) is 4.45. The number of methoxy groups -OCH3 is 1. The summed E-state index contributed by atoms with van der Waals surface area (Å²) in [6.07, 6.45) is 0. The summed E-state index contributed by atoms with van der Waals surface area (Å²) in [5, 5.41) is 15.1. The summed E-state index contributed by atoms with van der Waals surface area (Å²) in [6, 6.07) is 9.31. The first kappa shape index (κ1) is 14.5. The number of rotatable bonds is 6. The van der Waals surface area contributed by atoms with Crippen LogP contribution < -0.4 is 10.6 Å². The zero-order valence-electron chi connectivity index (χ0n) is 10.8. The van der Waals surface area contributed by atoms with Crippen molar-refractivity contribution in [3.63, 3.8) is 0 Å². The number of amides is 2. The fourth-order valence-electron chi connectivity index (χ4n) is 1.47. The van der Waals surface area contributed by atoms with Gasteiger partial charge in [0, 0.05) is 13.7 Å². The van der Waals surface area contributed by atoms with E-state index in [1.54, 1.807) is 6.92 Å². The summed E-state index contributed by atoms with van der Waals surface area (Å²) in [5.74, 6) is 0. The van der Waals surface area contributed by atoms with Crippen molar-refractivity contribution in [3.05, 3.63) is 35.9 Å². The summed E-state index contributed by atoms with van der Waals surface area (Å²) in [7, 11) is 1.50. The number of carbonyl (C=O) groups excluding carboxylic acids is 1. The monoisotopic (exact) mass is 252 g/mol. The number of ether oxygens (including phenoxy) is 1. The lowest BCUT2D eigenvalue weighted by Crippen LogP contribution is -2.46. The Morgan fingerprint density at radius 1 is 1.33 bits per heavy atom. The van der Waals surface area contributed by atoms with Crippen LogP contribution in [-0.2, 0) is 11.3 Å². The van der Waals surface area contributed by atoms with Crippen molar-refractivity contribution in [3.8, 4) is 0 Å². The Morgan fingerprint density at radius 3 is 2.61 bits per heavy atom. The number of hydrogen-bond donors (Lipinski definition) is 3. The van der Waals surface area contributed by atoms with Crippen molar-refractivity contribution in [2.75, 3.05) is 20.3 Å². The van der Waals surface area contributed by atoms with Crippen molar-refractivity contribution in [2.24, 2.45) is 0 Å². The molecule has 1 aromatic rings. The molecule has 0 saturated carbocycles. The molecule has 0 radical (unpaired) electrons. The Morgan fingerprint density at radius 2 is 2.00 bits per heavy atom. The molecule has 0 bridgehead atoms. The highest BCUT2D eigenvalue weighted by Crippen LogP contribution is 2.01. The van der Waals surface area contributed by atoms with Crippen LogP contribution in [0.5, 0.6) is 0 Å². The van der Waals surface area contributed by atoms with E-state index in [2.05, 4.69) is 10.6 Å². The molecule has 0 fully saturated rings. The van der Waals surface area contributed by atoms with E-state index in [-0.39, 0.29) is 19.2 Å². The SMILES string of the molecule is COC[C@@](C)(O)CNC(=O)NCc1ccccc1. The van der Waals surface area contributed by atoms with Gasteiger partial charge in [0.15, 0.2) is 0 Å². The van der Waals surface area contributed by atoms with Gasteiger partial charge in [-0.1, -0.05) is 30.3 Å². The van der Waals surface area contributed by atoms with E-state index < -0.39 is 5.60 Å². The number of aliphatic hydroxyl groups is 1. The van der Waals surface area contributed by atoms with Gasteiger partial charge in [0.1, 0.15) is 5.60 Å². The van der Waals surface area contributed by atoms with Crippen LogP contribution in [-0.4, -0.2) is 37.0 Å². The molecule has 0 heterocycles. The minimum atomic E-state index is -1.06. The molecule has 0 unspecified atom stereocenters. The number of hydrogen-bond acceptors (Lipinski definition) is 3. The van der Waals surface area contributed by atoms with E-state index in [9.17, 15) is 9.90 Å². The highest BCUT2D eigenvalue weighted by Gasteiger charge is 2.20. The molecule has 3 N–H and O–H groups in total. The summed E-state index contributed by atoms with van der Waals surface area (Å²) >= 11 is 0. The van der Waals surface area contributed by atoms with Crippen LogP contribution in [0.3, 0.4) is 0 Å². The minimum Gasteiger partial charge on any atom is -0.386 e. The lowest BCUT2D eigenvalue weighted by Gasteiger charge is -2.22. The van der Waals surface area contributed by atoms with E-state index in [0.29, 0.717) is 6.54 Å².